The van der Waals surface area contributed by atoms with Gasteiger partial charge in [-0.05, 0) is 23.9 Å². The van der Waals surface area contributed by atoms with Crippen LogP contribution in [0.2, 0.25) is 0 Å². The van der Waals surface area contributed by atoms with Crippen LogP contribution < -0.4 is 17.0 Å². The first-order valence-corrected chi connectivity index (χ1v) is 11.8. The van der Waals surface area contributed by atoms with Gasteiger partial charge in [0.2, 0.25) is 17.8 Å². The van der Waals surface area contributed by atoms with Crippen LogP contribution in [0.4, 0.5) is 11.6 Å². The lowest BCUT2D eigenvalue weighted by molar-refractivity contribution is -0.0556. The van der Waals surface area contributed by atoms with E-state index in [4.69, 9.17) is 37.1 Å². The predicted molar refractivity (Wildman–Crippen MR) is 113 cm³/mol. The first kappa shape index (κ1) is 19.8. The fourth-order valence-corrected chi connectivity index (χ4v) is 5.64. The van der Waals surface area contributed by atoms with Gasteiger partial charge in [-0.15, -0.1) is 9.05 Å². The summed E-state index contributed by atoms with van der Waals surface area (Å²) in [5.74, 6) is -0.0806. The maximum Gasteiger partial charge on any atom is 0.522 e. The molecule has 0 amide bonds. The highest BCUT2D eigenvalue weighted by Gasteiger charge is 2.54. The summed E-state index contributed by atoms with van der Waals surface area (Å²) in [6, 6.07) is 7.23. The minimum absolute atomic E-state index is 0.0644. The minimum Gasteiger partial charge on any atom is -0.398 e. The third kappa shape index (κ3) is 3.28. The van der Waals surface area contributed by atoms with E-state index in [1.807, 2.05) is 18.2 Å². The second kappa shape index (κ2) is 7.54. The van der Waals surface area contributed by atoms with Gasteiger partial charge in [-0.2, -0.15) is 4.98 Å². The number of ether oxygens (including phenoxy) is 1. The van der Waals surface area contributed by atoms with Crippen molar-refractivity contribution in [1.82, 2.24) is 19.5 Å². The Bertz CT molecular complexity index is 1220. The lowest BCUT2D eigenvalue weighted by Crippen LogP contribution is -2.37. The number of imidazole rings is 1. The van der Waals surface area contributed by atoms with Crippen molar-refractivity contribution in [2.75, 3.05) is 18.1 Å². The molecule has 2 saturated heterocycles. The molecule has 0 radical (unpaired) electrons. The number of nitrogen functional groups attached to an aromatic ring is 2. The van der Waals surface area contributed by atoms with Gasteiger partial charge in [0.15, 0.2) is 28.7 Å². The summed E-state index contributed by atoms with van der Waals surface area (Å²) < 4.78 is 18.5. The molecule has 0 saturated carbocycles. The zero-order valence-corrected chi connectivity index (χ0v) is 17.7. The van der Waals surface area contributed by atoms with Crippen LogP contribution in [-0.2, 0) is 25.6 Å². The number of H-pyrrole nitrogens is 1. The van der Waals surface area contributed by atoms with E-state index in [-0.39, 0.29) is 23.7 Å². The standard InChI is InChI=1S/C16H15N6O5PS2/c17-6-3-1-2-4-8(6)30-16-19-9-12(20-15(18)21-13(9)24)22(16)14-10(23)11-7(26-14)5-25-28(29)27-11/h1-4,7,10-11,14,23H,5,17H2,(H2-,18,20,21,24)/p+1/t7?,10?,11-,14-/m1/s1. The largest absolute Gasteiger partial charge is 0.522 e. The second-order valence-electron chi connectivity index (χ2n) is 6.67. The molecule has 2 aliphatic heterocycles. The van der Waals surface area contributed by atoms with Crippen molar-refractivity contribution in [3.05, 3.63) is 34.6 Å². The predicted octanol–water partition coefficient (Wildman–Crippen LogP) is 0.883. The fraction of sp³-hybridized carbons (Fsp3) is 0.312. The van der Waals surface area contributed by atoms with Crippen LogP contribution in [0.25, 0.3) is 11.2 Å². The Morgan fingerprint density at radius 1 is 1.33 bits per heavy atom. The van der Waals surface area contributed by atoms with Crippen molar-refractivity contribution in [1.29, 1.82) is 0 Å². The Labute approximate surface area is 179 Å². The average molecular weight is 467 g/mol. The smallest absolute Gasteiger partial charge is 0.398 e. The van der Waals surface area contributed by atoms with E-state index in [1.54, 1.807) is 6.07 Å². The molecule has 0 aliphatic carbocycles. The van der Waals surface area contributed by atoms with E-state index in [0.717, 1.165) is 4.90 Å². The van der Waals surface area contributed by atoms with E-state index in [9.17, 15) is 9.90 Å². The molecule has 5 rings (SSSR count). The molecular weight excluding hydrogens is 451 g/mol. The molecule has 2 aromatic heterocycles. The van der Waals surface area contributed by atoms with Crippen molar-refractivity contribution < 1.29 is 18.9 Å². The first-order valence-electron chi connectivity index (χ1n) is 8.83. The van der Waals surface area contributed by atoms with Crippen molar-refractivity contribution in [2.24, 2.45) is 0 Å². The molecule has 14 heteroatoms. The number of aromatic nitrogens is 4. The molecule has 0 spiro atoms. The minimum atomic E-state index is -1.52. The highest BCUT2D eigenvalue weighted by molar-refractivity contribution is 8.00. The Hall–Kier alpha value is -2.12. The van der Waals surface area contributed by atoms with Crippen LogP contribution in [-0.4, -0.2) is 49.5 Å². The van der Waals surface area contributed by atoms with E-state index >= 15 is 0 Å². The van der Waals surface area contributed by atoms with Gasteiger partial charge < -0.3 is 21.3 Å². The zero-order valence-electron chi connectivity index (χ0n) is 15.2. The molecule has 3 aromatic rings. The number of hydrogen-bond donors (Lipinski definition) is 4. The summed E-state index contributed by atoms with van der Waals surface area (Å²) >= 11 is 6.30. The number of anilines is 2. The van der Waals surface area contributed by atoms with Crippen LogP contribution in [0, 0.1) is 0 Å². The van der Waals surface area contributed by atoms with E-state index < -0.39 is 37.2 Å². The van der Waals surface area contributed by atoms with Crippen LogP contribution >= 0.6 is 18.9 Å². The van der Waals surface area contributed by atoms with Crippen molar-refractivity contribution in [2.45, 2.75) is 34.6 Å². The number of nitrogens with two attached hydrogens (primary N) is 2. The van der Waals surface area contributed by atoms with Gasteiger partial charge >= 0.3 is 7.15 Å². The summed E-state index contributed by atoms with van der Waals surface area (Å²) in [5, 5.41) is 11.3. The number of fused-ring (bicyclic) bond motifs is 2. The number of aliphatic hydroxyl groups is 1. The van der Waals surface area contributed by atoms with Crippen LogP contribution in [0.3, 0.4) is 0 Å². The fourth-order valence-electron chi connectivity index (χ4n) is 3.42. The molecule has 0 bridgehead atoms. The average Bonchev–Trinajstić information content (AvgIpc) is 3.21. The Morgan fingerprint density at radius 3 is 2.93 bits per heavy atom. The summed E-state index contributed by atoms with van der Waals surface area (Å²) in [6.45, 7) is 0.199. The van der Waals surface area contributed by atoms with Crippen molar-refractivity contribution in [3.8, 4) is 0 Å². The lowest BCUT2D eigenvalue weighted by Gasteiger charge is -2.19. The molecule has 2 fully saturated rings. The summed E-state index contributed by atoms with van der Waals surface area (Å²) in [5.41, 5.74) is 12.1. The molecule has 1 aromatic carbocycles. The number of nitrogens with zero attached hydrogens (tertiary/aromatic N) is 3. The van der Waals surface area contributed by atoms with E-state index in [1.165, 1.54) is 16.3 Å². The Morgan fingerprint density at radius 2 is 2.13 bits per heavy atom. The van der Waals surface area contributed by atoms with Gasteiger partial charge in [0.1, 0.15) is 18.8 Å². The number of benzene rings is 1. The van der Waals surface area contributed by atoms with Gasteiger partial charge in [0.05, 0.1) is 0 Å². The molecule has 2 aliphatic rings. The molecule has 156 valence electrons. The number of para-hydroxylation sites is 1. The molecule has 4 heterocycles. The Kier molecular flexibility index (Phi) is 4.98. The third-order valence-corrected chi connectivity index (χ3v) is 7.18. The lowest BCUT2D eigenvalue weighted by atomic mass is 10.1. The molecular formula is C16H16N6O5PS2+. The topological polar surface area (TPSA) is 164 Å². The van der Waals surface area contributed by atoms with E-state index in [2.05, 4.69) is 15.0 Å². The molecule has 6 N–H and O–H groups in total. The van der Waals surface area contributed by atoms with Gasteiger partial charge in [0.25, 0.3) is 5.56 Å². The highest BCUT2D eigenvalue weighted by atomic mass is 32.4. The SMILES string of the molecule is Nc1nc2c(nc(Sc3ccccc3N)n2[C@@H]2OC3CO[P+](=S)O[C@H]3C2O)c(=O)[nH]1. The van der Waals surface area contributed by atoms with Gasteiger partial charge in [0, 0.05) is 10.6 Å². The number of aliphatic hydroxyl groups excluding tert-OH is 1. The number of aromatic amines is 1. The van der Waals surface area contributed by atoms with E-state index in [0.29, 0.717) is 10.8 Å². The van der Waals surface area contributed by atoms with Gasteiger partial charge in [-0.3, -0.25) is 14.3 Å². The zero-order chi connectivity index (χ0) is 21.0. The number of hydrogen-bond acceptors (Lipinski definition) is 11. The van der Waals surface area contributed by atoms with Crippen LogP contribution in [0.15, 0.2) is 39.1 Å². The number of nitrogens with one attached hydrogen (secondary N) is 1. The summed E-state index contributed by atoms with van der Waals surface area (Å²) in [4.78, 5) is 24.2. The number of rotatable bonds is 3. The third-order valence-electron chi connectivity index (χ3n) is 4.77. The molecule has 11 nitrogen and oxygen atoms in total. The maximum absolute atomic E-state index is 12.4. The van der Waals surface area contributed by atoms with Crippen molar-refractivity contribution >= 4 is 53.5 Å². The maximum atomic E-state index is 12.4. The van der Waals surface area contributed by atoms with Gasteiger partial charge in [-0.25, -0.2) is 4.98 Å². The van der Waals surface area contributed by atoms with Gasteiger partial charge in [-0.1, -0.05) is 12.1 Å². The molecule has 5 atom stereocenters. The first-order chi connectivity index (χ1) is 14.4. The summed E-state index contributed by atoms with van der Waals surface area (Å²) in [6.07, 6.45) is -3.21. The Balaban J connectivity index is 1.65. The normalized spacial score (nSPS) is 27.4. The second-order valence-corrected chi connectivity index (χ2v) is 9.49. The van der Waals surface area contributed by atoms with Crippen LogP contribution in [0.5, 0.6) is 0 Å². The van der Waals surface area contributed by atoms with Crippen molar-refractivity contribution in [3.63, 3.8) is 0 Å². The quantitative estimate of drug-likeness (QED) is 0.319. The van der Waals surface area contributed by atoms with Crippen LogP contribution in [0.1, 0.15) is 6.23 Å². The highest BCUT2D eigenvalue weighted by Crippen LogP contribution is 2.45. The molecule has 30 heavy (non-hydrogen) atoms. The summed E-state index contributed by atoms with van der Waals surface area (Å²) in [7, 11) is -1.52. The monoisotopic (exact) mass is 467 g/mol. The molecule has 3 unspecified atom stereocenters.